The summed E-state index contributed by atoms with van der Waals surface area (Å²) in [4.78, 5) is 3.96. The molecule has 1 aromatic heterocycles. The van der Waals surface area contributed by atoms with Crippen molar-refractivity contribution in [3.8, 4) is 0 Å². The van der Waals surface area contributed by atoms with Crippen LogP contribution in [0.1, 0.15) is 12.5 Å². The fourth-order valence-electron chi connectivity index (χ4n) is 1.40. The number of aliphatic hydroxyl groups is 1. The van der Waals surface area contributed by atoms with Gasteiger partial charge in [-0.1, -0.05) is 0 Å². The maximum absolute atomic E-state index is 9.41. The van der Waals surface area contributed by atoms with Gasteiger partial charge >= 0.3 is 0 Å². The minimum atomic E-state index is -0.429. The fraction of sp³-hybridized carbons (Fsp3) is 0.545. The van der Waals surface area contributed by atoms with Crippen LogP contribution in [0.3, 0.4) is 0 Å². The van der Waals surface area contributed by atoms with Crippen LogP contribution in [0, 0.1) is 0 Å². The molecule has 1 aromatic rings. The topological polar surface area (TPSA) is 54.4 Å². The standard InChI is InChI=1S/C11H18N2O2/c1-11(9-14,13-7-8-15-2)10-3-5-12-6-4-10/h3-6,13-14H,7-9H2,1-2H3. The SMILES string of the molecule is COCCNC(C)(CO)c1ccncc1. The molecule has 0 fully saturated rings. The van der Waals surface area contributed by atoms with Crippen molar-refractivity contribution >= 4 is 0 Å². The van der Waals surface area contributed by atoms with Gasteiger partial charge in [-0.25, -0.2) is 0 Å². The van der Waals surface area contributed by atoms with E-state index >= 15 is 0 Å². The Morgan fingerprint density at radius 2 is 2.13 bits per heavy atom. The first-order valence-corrected chi connectivity index (χ1v) is 4.98. The van der Waals surface area contributed by atoms with Crippen LogP contribution in [0.25, 0.3) is 0 Å². The maximum Gasteiger partial charge on any atom is 0.0652 e. The molecule has 0 spiro atoms. The summed E-state index contributed by atoms with van der Waals surface area (Å²) in [6, 6.07) is 3.80. The van der Waals surface area contributed by atoms with Gasteiger partial charge in [0.2, 0.25) is 0 Å². The van der Waals surface area contributed by atoms with Crippen LogP contribution in [0.2, 0.25) is 0 Å². The molecule has 1 unspecified atom stereocenters. The highest BCUT2D eigenvalue weighted by atomic mass is 16.5. The Labute approximate surface area is 90.3 Å². The molecule has 4 nitrogen and oxygen atoms in total. The quantitative estimate of drug-likeness (QED) is 0.672. The van der Waals surface area contributed by atoms with Gasteiger partial charge in [0.05, 0.1) is 18.8 Å². The van der Waals surface area contributed by atoms with Crippen LogP contribution in [0.15, 0.2) is 24.5 Å². The molecule has 0 aliphatic carbocycles. The normalized spacial score (nSPS) is 14.9. The molecule has 0 radical (unpaired) electrons. The van der Waals surface area contributed by atoms with E-state index in [4.69, 9.17) is 4.74 Å². The van der Waals surface area contributed by atoms with Crippen LogP contribution < -0.4 is 5.32 Å². The molecule has 0 saturated carbocycles. The molecular formula is C11H18N2O2. The fourth-order valence-corrected chi connectivity index (χ4v) is 1.40. The first-order valence-electron chi connectivity index (χ1n) is 4.98. The van der Waals surface area contributed by atoms with E-state index in [0.717, 1.165) is 5.56 Å². The van der Waals surface area contributed by atoms with Crippen molar-refractivity contribution in [3.63, 3.8) is 0 Å². The molecule has 2 N–H and O–H groups in total. The highest BCUT2D eigenvalue weighted by Crippen LogP contribution is 2.18. The number of methoxy groups -OCH3 is 1. The van der Waals surface area contributed by atoms with E-state index in [9.17, 15) is 5.11 Å². The second kappa shape index (κ2) is 5.80. The molecule has 1 atom stereocenters. The molecule has 4 heteroatoms. The van der Waals surface area contributed by atoms with E-state index in [1.54, 1.807) is 19.5 Å². The average Bonchev–Trinajstić information content (AvgIpc) is 2.30. The zero-order valence-electron chi connectivity index (χ0n) is 9.23. The smallest absolute Gasteiger partial charge is 0.0652 e. The van der Waals surface area contributed by atoms with Gasteiger partial charge in [-0.15, -0.1) is 0 Å². The summed E-state index contributed by atoms with van der Waals surface area (Å²) in [5.74, 6) is 0. The monoisotopic (exact) mass is 210 g/mol. The lowest BCUT2D eigenvalue weighted by molar-refractivity contribution is 0.148. The van der Waals surface area contributed by atoms with Crippen molar-refractivity contribution < 1.29 is 9.84 Å². The highest BCUT2D eigenvalue weighted by Gasteiger charge is 2.24. The molecule has 0 bridgehead atoms. The summed E-state index contributed by atoms with van der Waals surface area (Å²) in [6.07, 6.45) is 3.45. The molecular weight excluding hydrogens is 192 g/mol. The van der Waals surface area contributed by atoms with Crippen molar-refractivity contribution in [1.29, 1.82) is 0 Å². The minimum absolute atomic E-state index is 0.0424. The number of pyridine rings is 1. The molecule has 0 aliphatic rings. The van der Waals surface area contributed by atoms with Crippen LogP contribution in [0.4, 0.5) is 0 Å². The van der Waals surface area contributed by atoms with E-state index in [-0.39, 0.29) is 6.61 Å². The molecule has 1 rings (SSSR count). The number of aromatic nitrogens is 1. The number of ether oxygens (including phenoxy) is 1. The Bertz CT molecular complexity index is 279. The predicted molar refractivity (Wildman–Crippen MR) is 58.6 cm³/mol. The number of hydrogen-bond acceptors (Lipinski definition) is 4. The minimum Gasteiger partial charge on any atom is -0.394 e. The lowest BCUT2D eigenvalue weighted by atomic mass is 9.94. The average molecular weight is 210 g/mol. The van der Waals surface area contributed by atoms with Crippen LogP contribution in [-0.2, 0) is 10.3 Å². The molecule has 0 saturated heterocycles. The van der Waals surface area contributed by atoms with Crippen LogP contribution in [0.5, 0.6) is 0 Å². The Balaban J connectivity index is 2.67. The zero-order valence-corrected chi connectivity index (χ0v) is 9.23. The summed E-state index contributed by atoms with van der Waals surface area (Å²) in [7, 11) is 1.66. The summed E-state index contributed by atoms with van der Waals surface area (Å²) in [5, 5.41) is 12.7. The summed E-state index contributed by atoms with van der Waals surface area (Å²) in [6.45, 7) is 3.33. The van der Waals surface area contributed by atoms with Gasteiger partial charge in [-0.05, 0) is 24.6 Å². The summed E-state index contributed by atoms with van der Waals surface area (Å²) < 4.78 is 4.96. The Hall–Kier alpha value is -0.970. The molecule has 0 amide bonds. The summed E-state index contributed by atoms with van der Waals surface area (Å²) in [5.41, 5.74) is 0.595. The second-order valence-electron chi connectivity index (χ2n) is 3.65. The molecule has 0 aromatic carbocycles. The lowest BCUT2D eigenvalue weighted by Crippen LogP contribution is -2.44. The van der Waals surface area contributed by atoms with Crippen molar-refractivity contribution in [2.24, 2.45) is 0 Å². The number of aliphatic hydroxyl groups excluding tert-OH is 1. The summed E-state index contributed by atoms with van der Waals surface area (Å²) >= 11 is 0. The Kier molecular flexibility index (Phi) is 4.68. The maximum atomic E-state index is 9.41. The third-order valence-electron chi connectivity index (χ3n) is 2.46. The third kappa shape index (κ3) is 3.27. The highest BCUT2D eigenvalue weighted by molar-refractivity contribution is 5.20. The van der Waals surface area contributed by atoms with Gasteiger partial charge in [0.15, 0.2) is 0 Å². The van der Waals surface area contributed by atoms with E-state index in [1.807, 2.05) is 19.1 Å². The third-order valence-corrected chi connectivity index (χ3v) is 2.46. The number of nitrogens with zero attached hydrogens (tertiary/aromatic N) is 1. The van der Waals surface area contributed by atoms with Crippen molar-refractivity contribution in [2.45, 2.75) is 12.5 Å². The van der Waals surface area contributed by atoms with E-state index < -0.39 is 5.54 Å². The van der Waals surface area contributed by atoms with Gasteiger partial charge in [0.1, 0.15) is 0 Å². The second-order valence-corrected chi connectivity index (χ2v) is 3.65. The number of hydrogen-bond donors (Lipinski definition) is 2. The molecule has 15 heavy (non-hydrogen) atoms. The first kappa shape index (κ1) is 12.1. The zero-order chi connectivity index (χ0) is 11.1. The van der Waals surface area contributed by atoms with E-state index in [2.05, 4.69) is 10.3 Å². The van der Waals surface area contributed by atoms with Gasteiger partial charge in [-0.3, -0.25) is 4.98 Å². The van der Waals surface area contributed by atoms with Crippen LogP contribution in [-0.4, -0.2) is 37.0 Å². The predicted octanol–water partition coefficient (Wildman–Crippen LogP) is 0.525. The van der Waals surface area contributed by atoms with Crippen molar-refractivity contribution in [2.75, 3.05) is 26.9 Å². The van der Waals surface area contributed by atoms with E-state index in [1.165, 1.54) is 0 Å². The largest absolute Gasteiger partial charge is 0.394 e. The van der Waals surface area contributed by atoms with Crippen LogP contribution >= 0.6 is 0 Å². The molecule has 84 valence electrons. The first-order chi connectivity index (χ1) is 7.23. The number of nitrogens with one attached hydrogen (secondary N) is 1. The van der Waals surface area contributed by atoms with Gasteiger partial charge in [-0.2, -0.15) is 0 Å². The van der Waals surface area contributed by atoms with Gasteiger partial charge in [0, 0.05) is 26.0 Å². The van der Waals surface area contributed by atoms with E-state index in [0.29, 0.717) is 13.2 Å². The molecule has 1 heterocycles. The van der Waals surface area contributed by atoms with Gasteiger partial charge in [0.25, 0.3) is 0 Å². The van der Waals surface area contributed by atoms with Crippen molar-refractivity contribution in [3.05, 3.63) is 30.1 Å². The number of rotatable bonds is 6. The Morgan fingerprint density at radius 1 is 1.47 bits per heavy atom. The molecule has 0 aliphatic heterocycles. The van der Waals surface area contributed by atoms with Crippen molar-refractivity contribution in [1.82, 2.24) is 10.3 Å². The van der Waals surface area contributed by atoms with Gasteiger partial charge < -0.3 is 15.2 Å². The Morgan fingerprint density at radius 3 is 2.67 bits per heavy atom. The lowest BCUT2D eigenvalue weighted by Gasteiger charge is -2.29.